The van der Waals surface area contributed by atoms with Crippen LogP contribution in [0.25, 0.3) is 0 Å². The molecule has 0 saturated carbocycles. The van der Waals surface area contributed by atoms with Crippen LogP contribution in [0.4, 0.5) is 0 Å². The molecule has 0 N–H and O–H groups in total. The molecule has 108 valence electrons. The van der Waals surface area contributed by atoms with Crippen molar-refractivity contribution in [1.29, 1.82) is 0 Å². The smallest absolute Gasteiger partial charge is 0.333 e. The Hall–Kier alpha value is -1.65. The van der Waals surface area contributed by atoms with E-state index >= 15 is 0 Å². The standard InChI is InChI=1S/C14H23NO4/c1-7-12(8-19-14(18)9(2)3)15(10(4)5)13(17)11(6)16/h10,12H,2,7-8H2,1,3-6H3. The highest BCUT2D eigenvalue weighted by atomic mass is 16.5. The van der Waals surface area contributed by atoms with Gasteiger partial charge in [0.15, 0.2) is 0 Å². The molecule has 0 radical (unpaired) electrons. The summed E-state index contributed by atoms with van der Waals surface area (Å²) in [6.45, 7) is 11.9. The van der Waals surface area contributed by atoms with Crippen molar-refractivity contribution in [2.75, 3.05) is 6.61 Å². The normalized spacial score (nSPS) is 11.9. The number of rotatable bonds is 7. The quantitative estimate of drug-likeness (QED) is 0.401. The molecule has 0 fully saturated rings. The maximum atomic E-state index is 11.9. The van der Waals surface area contributed by atoms with Gasteiger partial charge in [0.25, 0.3) is 5.91 Å². The Morgan fingerprint density at radius 1 is 1.21 bits per heavy atom. The minimum atomic E-state index is -0.548. The number of hydrogen-bond donors (Lipinski definition) is 0. The first kappa shape index (κ1) is 17.4. The molecule has 0 aromatic carbocycles. The average Bonchev–Trinajstić information content (AvgIpc) is 2.32. The summed E-state index contributed by atoms with van der Waals surface area (Å²) in [7, 11) is 0. The Morgan fingerprint density at radius 3 is 2.05 bits per heavy atom. The Bertz CT molecular complexity index is 374. The highest BCUT2D eigenvalue weighted by Gasteiger charge is 2.28. The number of Topliss-reactive ketones (excluding diaryl/α,β-unsaturated/α-hetero) is 1. The van der Waals surface area contributed by atoms with Crippen LogP contribution in [0.1, 0.15) is 41.0 Å². The van der Waals surface area contributed by atoms with E-state index in [9.17, 15) is 14.4 Å². The van der Waals surface area contributed by atoms with E-state index in [0.717, 1.165) is 0 Å². The van der Waals surface area contributed by atoms with Crippen molar-refractivity contribution in [3.8, 4) is 0 Å². The summed E-state index contributed by atoms with van der Waals surface area (Å²) in [5, 5.41) is 0. The third-order valence-corrected chi connectivity index (χ3v) is 2.71. The van der Waals surface area contributed by atoms with Gasteiger partial charge in [-0.15, -0.1) is 0 Å². The van der Waals surface area contributed by atoms with Crippen LogP contribution < -0.4 is 0 Å². The summed E-state index contributed by atoms with van der Waals surface area (Å²) in [6, 6.07) is -0.440. The molecule has 0 aliphatic rings. The molecule has 5 nitrogen and oxygen atoms in total. The third kappa shape index (κ3) is 5.24. The van der Waals surface area contributed by atoms with Crippen molar-refractivity contribution < 1.29 is 19.1 Å². The van der Waals surface area contributed by atoms with Crippen LogP contribution in [0.2, 0.25) is 0 Å². The largest absolute Gasteiger partial charge is 0.460 e. The van der Waals surface area contributed by atoms with Crippen molar-refractivity contribution in [1.82, 2.24) is 4.90 Å². The summed E-state index contributed by atoms with van der Waals surface area (Å²) in [6.07, 6.45) is 0.598. The third-order valence-electron chi connectivity index (χ3n) is 2.71. The predicted molar refractivity (Wildman–Crippen MR) is 72.5 cm³/mol. The second-order valence-corrected chi connectivity index (χ2v) is 4.80. The van der Waals surface area contributed by atoms with E-state index in [1.165, 1.54) is 11.8 Å². The van der Waals surface area contributed by atoms with Crippen LogP contribution in [0.3, 0.4) is 0 Å². The second-order valence-electron chi connectivity index (χ2n) is 4.80. The van der Waals surface area contributed by atoms with E-state index in [0.29, 0.717) is 12.0 Å². The fraction of sp³-hybridized carbons (Fsp3) is 0.643. The van der Waals surface area contributed by atoms with Gasteiger partial charge in [-0.1, -0.05) is 13.5 Å². The van der Waals surface area contributed by atoms with Crippen molar-refractivity contribution in [3.05, 3.63) is 12.2 Å². The van der Waals surface area contributed by atoms with Gasteiger partial charge in [-0.25, -0.2) is 4.79 Å². The maximum absolute atomic E-state index is 11.9. The molecular weight excluding hydrogens is 246 g/mol. The zero-order valence-corrected chi connectivity index (χ0v) is 12.4. The fourth-order valence-electron chi connectivity index (χ4n) is 1.69. The summed E-state index contributed by atoms with van der Waals surface area (Å²) < 4.78 is 5.07. The van der Waals surface area contributed by atoms with Gasteiger partial charge in [-0.3, -0.25) is 9.59 Å². The minimum absolute atomic E-state index is 0.0688. The van der Waals surface area contributed by atoms with Crippen LogP contribution in [0, 0.1) is 0 Å². The van der Waals surface area contributed by atoms with Crippen LogP contribution in [0.5, 0.6) is 0 Å². The molecule has 0 aromatic heterocycles. The van der Waals surface area contributed by atoms with Gasteiger partial charge in [-0.05, 0) is 27.2 Å². The average molecular weight is 269 g/mol. The number of esters is 1. The molecule has 1 atom stereocenters. The highest BCUT2D eigenvalue weighted by Crippen LogP contribution is 2.11. The molecule has 1 unspecified atom stereocenters. The molecule has 0 spiro atoms. The first-order valence-electron chi connectivity index (χ1n) is 6.38. The zero-order valence-electron chi connectivity index (χ0n) is 12.4. The van der Waals surface area contributed by atoms with Gasteiger partial charge >= 0.3 is 5.97 Å². The van der Waals surface area contributed by atoms with Gasteiger partial charge in [0, 0.05) is 18.5 Å². The molecule has 0 bridgehead atoms. The van der Waals surface area contributed by atoms with Crippen molar-refractivity contribution in [2.24, 2.45) is 0 Å². The zero-order chi connectivity index (χ0) is 15.2. The lowest BCUT2D eigenvalue weighted by molar-refractivity contribution is -0.150. The summed E-state index contributed by atoms with van der Waals surface area (Å²) in [5.41, 5.74) is 0.309. The molecule has 1 amide bonds. The summed E-state index contributed by atoms with van der Waals surface area (Å²) in [4.78, 5) is 36.0. The van der Waals surface area contributed by atoms with E-state index in [1.807, 2.05) is 20.8 Å². The SMILES string of the molecule is C=C(C)C(=O)OCC(CC)N(C(=O)C(C)=O)C(C)C. The van der Waals surface area contributed by atoms with E-state index in [1.54, 1.807) is 6.92 Å². The number of ketones is 1. The van der Waals surface area contributed by atoms with Crippen molar-refractivity contribution in [2.45, 2.75) is 53.1 Å². The first-order valence-corrected chi connectivity index (χ1v) is 6.38. The number of carbonyl (C=O) groups is 3. The molecule has 19 heavy (non-hydrogen) atoms. The molecule has 0 aromatic rings. The first-order chi connectivity index (χ1) is 8.72. The number of amides is 1. The van der Waals surface area contributed by atoms with Gasteiger partial charge < -0.3 is 9.64 Å². The van der Waals surface area contributed by atoms with Crippen molar-refractivity contribution >= 4 is 17.7 Å². The lowest BCUT2D eigenvalue weighted by Gasteiger charge is -2.33. The number of carbonyl (C=O) groups excluding carboxylic acids is 3. The molecule has 5 heteroatoms. The molecule has 0 heterocycles. The molecular formula is C14H23NO4. The van der Waals surface area contributed by atoms with Crippen LogP contribution in [-0.4, -0.2) is 41.3 Å². The number of ether oxygens (including phenoxy) is 1. The number of nitrogens with zero attached hydrogens (tertiary/aromatic N) is 1. The van der Waals surface area contributed by atoms with E-state index in [4.69, 9.17) is 4.74 Å². The molecule has 0 rings (SSSR count). The second kappa shape index (κ2) is 7.71. The van der Waals surface area contributed by atoms with Crippen LogP contribution in [0.15, 0.2) is 12.2 Å². The molecule has 0 aliphatic heterocycles. The topological polar surface area (TPSA) is 63.7 Å². The summed E-state index contributed by atoms with van der Waals surface area (Å²) >= 11 is 0. The Balaban J connectivity index is 4.86. The van der Waals surface area contributed by atoms with Crippen LogP contribution in [-0.2, 0) is 19.1 Å². The Labute approximate surface area is 114 Å². The Morgan fingerprint density at radius 2 is 1.74 bits per heavy atom. The van der Waals surface area contributed by atoms with Gasteiger partial charge in [0.1, 0.15) is 6.61 Å². The van der Waals surface area contributed by atoms with E-state index in [2.05, 4.69) is 6.58 Å². The minimum Gasteiger partial charge on any atom is -0.460 e. The van der Waals surface area contributed by atoms with E-state index in [-0.39, 0.29) is 18.7 Å². The fourth-order valence-corrected chi connectivity index (χ4v) is 1.69. The maximum Gasteiger partial charge on any atom is 0.333 e. The van der Waals surface area contributed by atoms with Crippen LogP contribution >= 0.6 is 0 Å². The van der Waals surface area contributed by atoms with Gasteiger partial charge in [-0.2, -0.15) is 0 Å². The lowest BCUT2D eigenvalue weighted by atomic mass is 10.1. The highest BCUT2D eigenvalue weighted by molar-refractivity contribution is 6.35. The molecule has 0 aliphatic carbocycles. The predicted octanol–water partition coefficient (Wildman–Crippen LogP) is 1.71. The lowest BCUT2D eigenvalue weighted by Crippen LogP contribution is -2.49. The van der Waals surface area contributed by atoms with Crippen molar-refractivity contribution in [3.63, 3.8) is 0 Å². The molecule has 0 saturated heterocycles. The summed E-state index contributed by atoms with van der Waals surface area (Å²) in [5.74, 6) is -1.55. The number of hydrogen-bond acceptors (Lipinski definition) is 4. The Kier molecular flexibility index (Phi) is 7.04. The van der Waals surface area contributed by atoms with Gasteiger partial charge in [0.2, 0.25) is 5.78 Å². The monoisotopic (exact) mass is 269 g/mol. The van der Waals surface area contributed by atoms with E-state index < -0.39 is 17.7 Å². The van der Waals surface area contributed by atoms with Gasteiger partial charge in [0.05, 0.1) is 6.04 Å².